The molecule has 6 heteroatoms. The van der Waals surface area contributed by atoms with E-state index in [2.05, 4.69) is 10.6 Å². The van der Waals surface area contributed by atoms with Crippen LogP contribution in [0.4, 0.5) is 5.69 Å². The van der Waals surface area contributed by atoms with E-state index in [1.54, 1.807) is 42.5 Å². The van der Waals surface area contributed by atoms with Crippen LogP contribution in [0.1, 0.15) is 43.6 Å². The molecule has 3 rings (SSSR count). The maximum absolute atomic E-state index is 12.9. The first kappa shape index (κ1) is 21.2. The van der Waals surface area contributed by atoms with Crippen LogP contribution >= 0.6 is 11.3 Å². The second-order valence-corrected chi connectivity index (χ2v) is 7.90. The highest BCUT2D eigenvalue weighted by Crippen LogP contribution is 2.17. The Morgan fingerprint density at radius 2 is 1.70 bits per heavy atom. The van der Waals surface area contributed by atoms with E-state index in [9.17, 15) is 14.4 Å². The molecule has 0 fully saturated rings. The van der Waals surface area contributed by atoms with Gasteiger partial charge in [-0.25, -0.2) is 0 Å². The van der Waals surface area contributed by atoms with E-state index in [1.165, 1.54) is 18.3 Å². The maximum Gasteiger partial charge on any atom is 0.272 e. The fourth-order valence-electron chi connectivity index (χ4n) is 2.77. The van der Waals surface area contributed by atoms with Gasteiger partial charge in [0, 0.05) is 21.7 Å². The van der Waals surface area contributed by atoms with Crippen molar-refractivity contribution >= 4 is 40.7 Å². The standard InChI is InChI=1S/C24H22N2O3S/c1-15-9-10-19(12-16(15)2)23(28)26-22(14-21-8-5-11-30-21)24(29)25-20-7-4-6-18(13-20)17(3)27/h4-14H,1-3H3,(H,25,29)(H,26,28)/b22-14-. The van der Waals surface area contributed by atoms with Gasteiger partial charge in [-0.1, -0.05) is 24.3 Å². The fourth-order valence-corrected chi connectivity index (χ4v) is 3.42. The van der Waals surface area contributed by atoms with Gasteiger partial charge in [-0.2, -0.15) is 0 Å². The van der Waals surface area contributed by atoms with Gasteiger partial charge in [0.05, 0.1) is 0 Å². The van der Waals surface area contributed by atoms with Crippen LogP contribution in [-0.4, -0.2) is 17.6 Å². The number of benzene rings is 2. The molecule has 2 amide bonds. The lowest BCUT2D eigenvalue weighted by molar-refractivity contribution is -0.113. The number of hydrogen-bond donors (Lipinski definition) is 2. The normalized spacial score (nSPS) is 11.1. The molecular weight excluding hydrogens is 396 g/mol. The number of nitrogens with one attached hydrogen (secondary N) is 2. The van der Waals surface area contributed by atoms with Gasteiger partial charge in [-0.3, -0.25) is 14.4 Å². The molecule has 152 valence electrons. The van der Waals surface area contributed by atoms with Crippen molar-refractivity contribution < 1.29 is 14.4 Å². The van der Waals surface area contributed by atoms with Gasteiger partial charge in [0.2, 0.25) is 0 Å². The number of ketones is 1. The summed E-state index contributed by atoms with van der Waals surface area (Å²) in [4.78, 5) is 38.1. The lowest BCUT2D eigenvalue weighted by Gasteiger charge is -2.12. The van der Waals surface area contributed by atoms with Crippen LogP contribution in [0, 0.1) is 13.8 Å². The molecule has 2 N–H and O–H groups in total. The van der Waals surface area contributed by atoms with Crippen molar-refractivity contribution in [3.05, 3.63) is 92.8 Å². The zero-order valence-electron chi connectivity index (χ0n) is 17.0. The first-order valence-electron chi connectivity index (χ1n) is 9.39. The molecule has 2 aromatic carbocycles. The van der Waals surface area contributed by atoms with E-state index in [4.69, 9.17) is 0 Å². The van der Waals surface area contributed by atoms with Crippen LogP contribution in [0.15, 0.2) is 65.7 Å². The number of hydrogen-bond acceptors (Lipinski definition) is 4. The Bertz CT molecular complexity index is 1130. The van der Waals surface area contributed by atoms with Crippen molar-refractivity contribution in [1.82, 2.24) is 5.32 Å². The molecule has 1 heterocycles. The average molecular weight is 419 g/mol. The van der Waals surface area contributed by atoms with E-state index >= 15 is 0 Å². The van der Waals surface area contributed by atoms with Crippen molar-refractivity contribution in [3.63, 3.8) is 0 Å². The minimum Gasteiger partial charge on any atom is -0.321 e. The van der Waals surface area contributed by atoms with Gasteiger partial charge in [-0.05, 0) is 73.7 Å². The molecule has 0 aliphatic carbocycles. The summed E-state index contributed by atoms with van der Waals surface area (Å²) in [5.41, 5.74) is 3.65. The van der Waals surface area contributed by atoms with Gasteiger partial charge in [0.1, 0.15) is 5.70 Å². The van der Waals surface area contributed by atoms with Crippen molar-refractivity contribution in [2.45, 2.75) is 20.8 Å². The molecule has 0 saturated carbocycles. The number of aryl methyl sites for hydroxylation is 2. The number of rotatable bonds is 6. The van der Waals surface area contributed by atoms with Crippen molar-refractivity contribution in [2.24, 2.45) is 0 Å². The van der Waals surface area contributed by atoms with E-state index in [-0.39, 0.29) is 17.4 Å². The van der Waals surface area contributed by atoms with Crippen LogP contribution in [0.3, 0.4) is 0 Å². The number of amides is 2. The highest BCUT2D eigenvalue weighted by Gasteiger charge is 2.16. The summed E-state index contributed by atoms with van der Waals surface area (Å²) in [7, 11) is 0. The van der Waals surface area contributed by atoms with Gasteiger partial charge >= 0.3 is 0 Å². The molecule has 0 spiro atoms. The molecule has 0 aliphatic rings. The Balaban J connectivity index is 1.86. The fraction of sp³-hybridized carbons (Fsp3) is 0.125. The first-order chi connectivity index (χ1) is 14.3. The Labute approximate surface area is 179 Å². The van der Waals surface area contributed by atoms with Crippen LogP contribution < -0.4 is 10.6 Å². The number of carbonyl (C=O) groups excluding carboxylic acids is 3. The summed E-state index contributed by atoms with van der Waals surface area (Å²) in [6.45, 7) is 5.37. The Kier molecular flexibility index (Phi) is 6.59. The molecule has 0 unspecified atom stereocenters. The first-order valence-corrected chi connectivity index (χ1v) is 10.3. The second-order valence-electron chi connectivity index (χ2n) is 6.92. The predicted molar refractivity (Wildman–Crippen MR) is 121 cm³/mol. The van der Waals surface area contributed by atoms with Crippen LogP contribution in [-0.2, 0) is 4.79 Å². The van der Waals surface area contributed by atoms with Crippen LogP contribution in [0.2, 0.25) is 0 Å². The van der Waals surface area contributed by atoms with E-state index in [0.717, 1.165) is 16.0 Å². The summed E-state index contributed by atoms with van der Waals surface area (Å²) in [6, 6.07) is 15.8. The monoisotopic (exact) mass is 418 g/mol. The summed E-state index contributed by atoms with van der Waals surface area (Å²) in [5, 5.41) is 7.37. The third-order valence-electron chi connectivity index (χ3n) is 4.62. The van der Waals surface area contributed by atoms with Gasteiger partial charge in [0.15, 0.2) is 5.78 Å². The Morgan fingerprint density at radius 3 is 2.37 bits per heavy atom. The minimum absolute atomic E-state index is 0.0940. The summed E-state index contributed by atoms with van der Waals surface area (Å²) >= 11 is 1.46. The van der Waals surface area contributed by atoms with Crippen LogP contribution in [0.5, 0.6) is 0 Å². The highest BCUT2D eigenvalue weighted by atomic mass is 32.1. The molecule has 5 nitrogen and oxygen atoms in total. The Hall–Kier alpha value is -3.51. The average Bonchev–Trinajstić information content (AvgIpc) is 3.22. The topological polar surface area (TPSA) is 75.3 Å². The van der Waals surface area contributed by atoms with E-state index in [1.807, 2.05) is 37.4 Å². The quantitative estimate of drug-likeness (QED) is 0.438. The van der Waals surface area contributed by atoms with Crippen molar-refractivity contribution in [1.29, 1.82) is 0 Å². The lowest BCUT2D eigenvalue weighted by Crippen LogP contribution is -2.30. The van der Waals surface area contributed by atoms with Gasteiger partial charge in [-0.15, -0.1) is 11.3 Å². The predicted octanol–water partition coefficient (Wildman–Crippen LogP) is 4.98. The lowest BCUT2D eigenvalue weighted by atomic mass is 10.1. The van der Waals surface area contributed by atoms with Crippen molar-refractivity contribution in [3.8, 4) is 0 Å². The minimum atomic E-state index is -0.471. The van der Waals surface area contributed by atoms with Crippen LogP contribution in [0.25, 0.3) is 6.08 Å². The molecule has 0 bridgehead atoms. The molecule has 0 aliphatic heterocycles. The number of thiophene rings is 1. The van der Waals surface area contributed by atoms with Gasteiger partial charge < -0.3 is 10.6 Å². The molecule has 0 radical (unpaired) electrons. The third kappa shape index (κ3) is 5.30. The van der Waals surface area contributed by atoms with Gasteiger partial charge in [0.25, 0.3) is 11.8 Å². The number of Topliss-reactive ketones (excluding diaryl/α,β-unsaturated/α-hetero) is 1. The highest BCUT2D eigenvalue weighted by molar-refractivity contribution is 7.10. The number of anilines is 1. The molecule has 30 heavy (non-hydrogen) atoms. The van der Waals surface area contributed by atoms with Crippen molar-refractivity contribution in [2.75, 3.05) is 5.32 Å². The summed E-state index contributed by atoms with van der Waals surface area (Å²) in [6.07, 6.45) is 1.63. The largest absolute Gasteiger partial charge is 0.321 e. The molecule has 0 saturated heterocycles. The summed E-state index contributed by atoms with van der Waals surface area (Å²) in [5.74, 6) is -0.932. The molecule has 0 atom stereocenters. The molecule has 3 aromatic rings. The Morgan fingerprint density at radius 1 is 0.900 bits per heavy atom. The number of carbonyl (C=O) groups is 3. The van der Waals surface area contributed by atoms with E-state index < -0.39 is 5.91 Å². The molecule has 1 aromatic heterocycles. The smallest absolute Gasteiger partial charge is 0.272 e. The SMILES string of the molecule is CC(=O)c1cccc(NC(=O)/C(=C/c2cccs2)NC(=O)c2ccc(C)c(C)c2)c1. The zero-order chi connectivity index (χ0) is 21.7. The third-order valence-corrected chi connectivity index (χ3v) is 5.44. The molecular formula is C24H22N2O3S. The zero-order valence-corrected chi connectivity index (χ0v) is 17.8. The second kappa shape index (κ2) is 9.33. The maximum atomic E-state index is 12.9. The van der Waals surface area contributed by atoms with E-state index in [0.29, 0.717) is 16.8 Å². The summed E-state index contributed by atoms with van der Waals surface area (Å²) < 4.78 is 0.